The molecule has 0 aliphatic carbocycles. The van der Waals surface area contributed by atoms with E-state index >= 15 is 0 Å². The number of aromatic amines is 1. The van der Waals surface area contributed by atoms with E-state index in [4.69, 9.17) is 5.26 Å². The minimum absolute atomic E-state index is 0.133. The van der Waals surface area contributed by atoms with Gasteiger partial charge in [0.05, 0.1) is 17.7 Å². The first-order chi connectivity index (χ1) is 10.7. The van der Waals surface area contributed by atoms with Gasteiger partial charge in [-0.3, -0.25) is 4.79 Å². The van der Waals surface area contributed by atoms with Crippen LogP contribution in [0.3, 0.4) is 0 Å². The van der Waals surface area contributed by atoms with Gasteiger partial charge in [0.25, 0.3) is 0 Å². The Morgan fingerprint density at radius 1 is 1.23 bits per heavy atom. The van der Waals surface area contributed by atoms with Crippen LogP contribution in [0.5, 0.6) is 0 Å². The van der Waals surface area contributed by atoms with Crippen LogP contribution in [0.1, 0.15) is 16.7 Å². The number of H-pyrrole nitrogens is 1. The minimum atomic E-state index is -0.133. The first-order valence-electron chi connectivity index (χ1n) is 7.03. The van der Waals surface area contributed by atoms with Crippen molar-refractivity contribution in [2.75, 3.05) is 5.32 Å². The molecule has 4 nitrogen and oxygen atoms in total. The van der Waals surface area contributed by atoms with Crippen molar-refractivity contribution in [2.45, 2.75) is 13.3 Å². The summed E-state index contributed by atoms with van der Waals surface area (Å²) < 4.78 is 0. The largest absolute Gasteiger partial charge is 0.361 e. The van der Waals surface area contributed by atoms with E-state index in [1.54, 1.807) is 24.3 Å². The van der Waals surface area contributed by atoms with E-state index in [-0.39, 0.29) is 12.3 Å². The average molecular weight is 289 g/mol. The summed E-state index contributed by atoms with van der Waals surface area (Å²) in [5.41, 5.74) is 4.14. The summed E-state index contributed by atoms with van der Waals surface area (Å²) >= 11 is 0. The van der Waals surface area contributed by atoms with Crippen LogP contribution in [-0.2, 0) is 11.2 Å². The summed E-state index contributed by atoms with van der Waals surface area (Å²) in [7, 11) is 0. The Balaban J connectivity index is 1.84. The quantitative estimate of drug-likeness (QED) is 0.774. The number of nitrogens with one attached hydrogen (secondary N) is 2. The third kappa shape index (κ3) is 2.57. The number of aromatic nitrogens is 1. The highest BCUT2D eigenvalue weighted by atomic mass is 16.1. The van der Waals surface area contributed by atoms with E-state index in [0.29, 0.717) is 11.3 Å². The maximum Gasteiger partial charge on any atom is 0.228 e. The number of anilines is 1. The Labute approximate surface area is 128 Å². The van der Waals surface area contributed by atoms with E-state index in [1.165, 1.54) is 0 Å². The number of carbonyl (C=O) groups is 1. The van der Waals surface area contributed by atoms with Crippen LogP contribution in [0, 0.1) is 18.3 Å². The number of carbonyl (C=O) groups excluding carboxylic acids is 1. The van der Waals surface area contributed by atoms with Gasteiger partial charge in [-0.1, -0.05) is 24.3 Å². The number of fused-ring (bicyclic) bond motifs is 1. The summed E-state index contributed by atoms with van der Waals surface area (Å²) in [6.07, 6.45) is 2.14. The lowest BCUT2D eigenvalue weighted by molar-refractivity contribution is -0.115. The number of nitriles is 1. The molecular formula is C18H15N3O. The third-order valence-electron chi connectivity index (χ3n) is 3.67. The monoisotopic (exact) mass is 289 g/mol. The molecule has 3 rings (SSSR count). The minimum Gasteiger partial charge on any atom is -0.361 e. The van der Waals surface area contributed by atoms with E-state index in [2.05, 4.69) is 16.4 Å². The van der Waals surface area contributed by atoms with Crippen molar-refractivity contribution >= 4 is 22.5 Å². The second-order valence-electron chi connectivity index (χ2n) is 5.19. The van der Waals surface area contributed by atoms with E-state index in [1.807, 2.05) is 31.3 Å². The number of aryl methyl sites for hydroxylation is 1. The number of hydrogen-bond acceptors (Lipinski definition) is 2. The molecule has 0 radical (unpaired) electrons. The molecule has 0 aliphatic rings. The fourth-order valence-electron chi connectivity index (χ4n) is 2.65. The zero-order valence-electron chi connectivity index (χ0n) is 12.2. The van der Waals surface area contributed by atoms with E-state index < -0.39 is 0 Å². The van der Waals surface area contributed by atoms with Crippen molar-refractivity contribution in [1.29, 1.82) is 5.26 Å². The lowest BCUT2D eigenvalue weighted by Crippen LogP contribution is -2.15. The zero-order valence-corrected chi connectivity index (χ0v) is 12.2. The van der Waals surface area contributed by atoms with Crippen LogP contribution in [0.4, 0.5) is 5.69 Å². The van der Waals surface area contributed by atoms with Gasteiger partial charge in [-0.15, -0.1) is 0 Å². The molecule has 3 aromatic rings. The molecule has 0 saturated heterocycles. The molecule has 0 aliphatic heterocycles. The van der Waals surface area contributed by atoms with E-state index in [0.717, 1.165) is 22.0 Å². The van der Waals surface area contributed by atoms with Crippen LogP contribution in [0.25, 0.3) is 10.9 Å². The first-order valence-corrected chi connectivity index (χ1v) is 7.03. The van der Waals surface area contributed by atoms with Crippen LogP contribution in [0.2, 0.25) is 0 Å². The van der Waals surface area contributed by atoms with Gasteiger partial charge in [-0.25, -0.2) is 0 Å². The Hall–Kier alpha value is -3.06. The van der Waals surface area contributed by atoms with Gasteiger partial charge in [0, 0.05) is 17.1 Å². The molecule has 2 N–H and O–H groups in total. The molecule has 2 aromatic carbocycles. The van der Waals surface area contributed by atoms with Gasteiger partial charge in [-0.05, 0) is 36.2 Å². The van der Waals surface area contributed by atoms with Crippen molar-refractivity contribution in [1.82, 2.24) is 4.98 Å². The molecule has 0 saturated carbocycles. The number of amides is 1. The summed E-state index contributed by atoms with van der Waals surface area (Å²) in [6, 6.07) is 15.1. The van der Waals surface area contributed by atoms with Gasteiger partial charge < -0.3 is 10.3 Å². The maximum absolute atomic E-state index is 12.3. The van der Waals surface area contributed by atoms with Crippen LogP contribution >= 0.6 is 0 Å². The Kier molecular flexibility index (Phi) is 3.63. The SMILES string of the molecule is Cc1cccc2[nH]cc(CC(=O)Nc3ccccc3C#N)c12. The summed E-state index contributed by atoms with van der Waals surface area (Å²) in [4.78, 5) is 15.5. The van der Waals surface area contributed by atoms with Crippen molar-refractivity contribution in [3.05, 3.63) is 65.4 Å². The molecule has 4 heteroatoms. The second-order valence-corrected chi connectivity index (χ2v) is 5.19. The number of rotatable bonds is 3. The number of nitrogens with zero attached hydrogens (tertiary/aromatic N) is 1. The van der Waals surface area contributed by atoms with Gasteiger partial charge in [0.1, 0.15) is 6.07 Å². The highest BCUT2D eigenvalue weighted by Crippen LogP contribution is 2.23. The fourth-order valence-corrected chi connectivity index (χ4v) is 2.65. The standard InChI is InChI=1S/C18H15N3O/c1-12-5-4-8-16-18(12)14(11-20-16)9-17(22)21-15-7-3-2-6-13(15)10-19/h2-8,11,20H,9H2,1H3,(H,21,22). The number of para-hydroxylation sites is 1. The second kappa shape index (κ2) is 5.74. The third-order valence-corrected chi connectivity index (χ3v) is 3.67. The number of hydrogen-bond donors (Lipinski definition) is 2. The normalized spacial score (nSPS) is 10.4. The Morgan fingerprint density at radius 3 is 2.86 bits per heavy atom. The molecule has 0 atom stereocenters. The van der Waals surface area contributed by atoms with Crippen LogP contribution in [0.15, 0.2) is 48.7 Å². The highest BCUT2D eigenvalue weighted by Gasteiger charge is 2.11. The van der Waals surface area contributed by atoms with Gasteiger partial charge in [0.2, 0.25) is 5.91 Å². The van der Waals surface area contributed by atoms with Crippen molar-refractivity contribution in [3.8, 4) is 6.07 Å². The van der Waals surface area contributed by atoms with E-state index in [9.17, 15) is 4.79 Å². The summed E-state index contributed by atoms with van der Waals surface area (Å²) in [5, 5.41) is 13.0. The average Bonchev–Trinajstić information content (AvgIpc) is 2.92. The molecular weight excluding hydrogens is 274 g/mol. The highest BCUT2D eigenvalue weighted by molar-refractivity contribution is 5.97. The molecule has 22 heavy (non-hydrogen) atoms. The summed E-state index contributed by atoms with van der Waals surface area (Å²) in [5.74, 6) is -0.133. The van der Waals surface area contributed by atoms with Gasteiger partial charge in [0.15, 0.2) is 0 Å². The lowest BCUT2D eigenvalue weighted by atomic mass is 10.1. The summed E-state index contributed by atoms with van der Waals surface area (Å²) in [6.45, 7) is 2.03. The van der Waals surface area contributed by atoms with Crippen LogP contribution in [-0.4, -0.2) is 10.9 Å². The van der Waals surface area contributed by atoms with Crippen molar-refractivity contribution in [3.63, 3.8) is 0 Å². The zero-order chi connectivity index (χ0) is 15.5. The van der Waals surface area contributed by atoms with Crippen LogP contribution < -0.4 is 5.32 Å². The molecule has 1 heterocycles. The maximum atomic E-state index is 12.3. The predicted octanol–water partition coefficient (Wildman–Crippen LogP) is 3.53. The first kappa shape index (κ1) is 13.9. The molecule has 0 unspecified atom stereocenters. The molecule has 1 aromatic heterocycles. The smallest absolute Gasteiger partial charge is 0.228 e. The lowest BCUT2D eigenvalue weighted by Gasteiger charge is -2.07. The number of benzene rings is 2. The molecule has 108 valence electrons. The molecule has 1 amide bonds. The molecule has 0 fully saturated rings. The molecule has 0 bridgehead atoms. The van der Waals surface area contributed by atoms with Gasteiger partial charge in [-0.2, -0.15) is 5.26 Å². The van der Waals surface area contributed by atoms with Gasteiger partial charge >= 0.3 is 0 Å². The topological polar surface area (TPSA) is 68.7 Å². The Morgan fingerprint density at radius 2 is 2.05 bits per heavy atom. The van der Waals surface area contributed by atoms with Crippen molar-refractivity contribution in [2.24, 2.45) is 0 Å². The molecule has 0 spiro atoms. The predicted molar refractivity (Wildman–Crippen MR) is 86.5 cm³/mol. The Bertz CT molecular complexity index is 887. The van der Waals surface area contributed by atoms with Crippen molar-refractivity contribution < 1.29 is 4.79 Å². The fraction of sp³-hybridized carbons (Fsp3) is 0.111.